The lowest BCUT2D eigenvalue weighted by Gasteiger charge is -2.02. The fourth-order valence-corrected chi connectivity index (χ4v) is 2.65. The molecular weight excluding hydrogens is 308 g/mol. The minimum absolute atomic E-state index is 0.115. The molecule has 0 fully saturated rings. The molecule has 0 atom stereocenters. The Balaban J connectivity index is 1.86. The van der Waals surface area contributed by atoms with Crippen molar-refractivity contribution in [1.29, 1.82) is 0 Å². The Bertz CT molecular complexity index is 1080. The zero-order chi connectivity index (χ0) is 16.7. The van der Waals surface area contributed by atoms with Crippen molar-refractivity contribution in [2.24, 2.45) is 0 Å². The lowest BCUT2D eigenvalue weighted by atomic mass is 10.2. The molecule has 0 radical (unpaired) electrons. The highest BCUT2D eigenvalue weighted by Crippen LogP contribution is 2.23. The first-order valence-electron chi connectivity index (χ1n) is 7.54. The minimum Gasteiger partial charge on any atom is -0.333 e. The van der Waals surface area contributed by atoms with Crippen LogP contribution in [0.5, 0.6) is 0 Å². The minimum atomic E-state index is -0.115. The largest absolute Gasteiger partial charge is 0.333 e. The van der Waals surface area contributed by atoms with E-state index in [9.17, 15) is 4.79 Å². The number of rotatable bonds is 3. The van der Waals surface area contributed by atoms with Crippen LogP contribution in [0.15, 0.2) is 39.9 Å². The van der Waals surface area contributed by atoms with Crippen LogP contribution in [-0.4, -0.2) is 29.7 Å². The number of nitrogens with zero attached hydrogens (tertiary/aromatic N) is 5. The van der Waals surface area contributed by atoms with Gasteiger partial charge in [-0.15, -0.1) is 0 Å². The Morgan fingerprint density at radius 1 is 1.29 bits per heavy atom. The summed E-state index contributed by atoms with van der Waals surface area (Å²) in [7, 11) is 0. The van der Waals surface area contributed by atoms with Crippen molar-refractivity contribution in [3.05, 3.63) is 52.2 Å². The van der Waals surface area contributed by atoms with E-state index < -0.39 is 0 Å². The first-order valence-corrected chi connectivity index (χ1v) is 7.54. The van der Waals surface area contributed by atoms with Crippen LogP contribution >= 0.6 is 0 Å². The summed E-state index contributed by atoms with van der Waals surface area (Å²) >= 11 is 0. The normalized spacial score (nSPS) is 11.2. The smallest absolute Gasteiger partial charge is 0.276 e. The molecule has 0 aliphatic rings. The number of pyridine rings is 1. The van der Waals surface area contributed by atoms with Crippen LogP contribution < -0.4 is 5.56 Å². The second kappa shape index (κ2) is 5.41. The summed E-state index contributed by atoms with van der Waals surface area (Å²) < 4.78 is 6.73. The van der Waals surface area contributed by atoms with E-state index in [1.807, 2.05) is 26.0 Å². The molecule has 0 aliphatic heterocycles. The first kappa shape index (κ1) is 14.3. The van der Waals surface area contributed by atoms with Gasteiger partial charge in [0, 0.05) is 23.7 Å². The molecule has 0 spiro atoms. The highest BCUT2D eigenvalue weighted by molar-refractivity contribution is 5.72. The van der Waals surface area contributed by atoms with Gasteiger partial charge in [-0.2, -0.15) is 4.98 Å². The Hall–Kier alpha value is -3.29. The Morgan fingerprint density at radius 3 is 2.92 bits per heavy atom. The Labute approximate surface area is 136 Å². The standard InChI is InChI=1S/C16H14N6O2/c1-3-10-9(2)19-14-11(8-18-22(14)16(10)23)15-20-13(21-24-15)12-6-4-5-7-17-12/h4-8,18H,3H2,1-2H3. The van der Waals surface area contributed by atoms with Crippen molar-refractivity contribution in [2.45, 2.75) is 20.3 Å². The molecule has 0 saturated carbocycles. The van der Waals surface area contributed by atoms with Crippen molar-refractivity contribution in [3.8, 4) is 23.0 Å². The van der Waals surface area contributed by atoms with Crippen LogP contribution in [0.3, 0.4) is 0 Å². The fourth-order valence-electron chi connectivity index (χ4n) is 2.65. The van der Waals surface area contributed by atoms with Crippen LogP contribution in [0, 0.1) is 6.92 Å². The molecule has 0 aliphatic carbocycles. The number of fused-ring (bicyclic) bond motifs is 1. The SMILES string of the molecule is CCc1c(C)nc2c(-c3nc(-c4ccccn4)no3)c[nH]n2c1=O. The molecule has 8 nitrogen and oxygen atoms in total. The van der Waals surface area contributed by atoms with Crippen molar-refractivity contribution < 1.29 is 4.52 Å². The third kappa shape index (κ3) is 2.11. The zero-order valence-corrected chi connectivity index (χ0v) is 13.1. The summed E-state index contributed by atoms with van der Waals surface area (Å²) in [5.74, 6) is 0.666. The summed E-state index contributed by atoms with van der Waals surface area (Å²) in [6.45, 7) is 3.75. The Morgan fingerprint density at radius 2 is 2.17 bits per heavy atom. The topological polar surface area (TPSA) is 102 Å². The predicted octanol–water partition coefficient (Wildman–Crippen LogP) is 2.01. The average molecular weight is 322 g/mol. The van der Waals surface area contributed by atoms with Crippen LogP contribution in [0.2, 0.25) is 0 Å². The zero-order valence-electron chi connectivity index (χ0n) is 13.1. The molecule has 4 aromatic heterocycles. The van der Waals surface area contributed by atoms with Gasteiger partial charge >= 0.3 is 0 Å². The van der Waals surface area contributed by atoms with E-state index in [0.717, 1.165) is 0 Å². The second-order valence-electron chi connectivity index (χ2n) is 5.32. The summed E-state index contributed by atoms with van der Waals surface area (Å²) in [5.41, 5.74) is 2.92. The quantitative estimate of drug-likeness (QED) is 0.619. The molecule has 0 saturated heterocycles. The summed E-state index contributed by atoms with van der Waals surface area (Å²) in [4.78, 5) is 25.5. The lowest BCUT2D eigenvalue weighted by molar-refractivity contribution is 0.432. The van der Waals surface area contributed by atoms with Crippen molar-refractivity contribution in [2.75, 3.05) is 0 Å². The molecule has 0 amide bonds. The predicted molar refractivity (Wildman–Crippen MR) is 86.5 cm³/mol. The average Bonchev–Trinajstić information content (AvgIpc) is 3.22. The van der Waals surface area contributed by atoms with E-state index in [-0.39, 0.29) is 11.4 Å². The maximum absolute atomic E-state index is 12.5. The van der Waals surface area contributed by atoms with Gasteiger partial charge in [0.1, 0.15) is 11.3 Å². The second-order valence-corrected chi connectivity index (χ2v) is 5.32. The molecule has 120 valence electrons. The number of aromatic nitrogens is 6. The van der Waals surface area contributed by atoms with E-state index >= 15 is 0 Å². The number of hydrogen-bond donors (Lipinski definition) is 1. The number of nitrogens with one attached hydrogen (secondary N) is 1. The third-order valence-corrected chi connectivity index (χ3v) is 3.87. The third-order valence-electron chi connectivity index (χ3n) is 3.87. The molecular formula is C16H14N6O2. The van der Waals surface area contributed by atoms with E-state index in [2.05, 4.69) is 25.2 Å². The molecule has 0 unspecified atom stereocenters. The molecule has 8 heteroatoms. The van der Waals surface area contributed by atoms with Crippen LogP contribution in [-0.2, 0) is 6.42 Å². The van der Waals surface area contributed by atoms with Crippen molar-refractivity contribution in [3.63, 3.8) is 0 Å². The maximum Gasteiger partial charge on any atom is 0.276 e. The number of aromatic amines is 1. The molecule has 4 aromatic rings. The molecule has 24 heavy (non-hydrogen) atoms. The summed E-state index contributed by atoms with van der Waals surface area (Å²) in [6.07, 6.45) is 3.92. The maximum atomic E-state index is 12.5. The molecule has 1 N–H and O–H groups in total. The van der Waals surface area contributed by atoms with Gasteiger partial charge < -0.3 is 4.52 Å². The van der Waals surface area contributed by atoms with Gasteiger partial charge in [-0.25, -0.2) is 9.50 Å². The monoisotopic (exact) mass is 322 g/mol. The van der Waals surface area contributed by atoms with Gasteiger partial charge in [-0.3, -0.25) is 14.9 Å². The van der Waals surface area contributed by atoms with Gasteiger partial charge in [-0.1, -0.05) is 18.1 Å². The number of hydrogen-bond acceptors (Lipinski definition) is 6. The molecule has 4 rings (SSSR count). The number of aryl methyl sites for hydroxylation is 1. The van der Waals surface area contributed by atoms with Gasteiger partial charge in [-0.05, 0) is 25.5 Å². The lowest BCUT2D eigenvalue weighted by Crippen LogP contribution is -2.21. The molecule has 4 heterocycles. The number of H-pyrrole nitrogens is 1. The first-order chi connectivity index (χ1) is 11.7. The fraction of sp³-hybridized carbons (Fsp3) is 0.188. The Kier molecular flexibility index (Phi) is 3.23. The van der Waals surface area contributed by atoms with E-state index in [4.69, 9.17) is 4.52 Å². The van der Waals surface area contributed by atoms with E-state index in [1.54, 1.807) is 18.5 Å². The van der Waals surface area contributed by atoms with Gasteiger partial charge in [0.15, 0.2) is 5.65 Å². The summed E-state index contributed by atoms with van der Waals surface area (Å²) in [6, 6.07) is 5.46. The van der Waals surface area contributed by atoms with Crippen LogP contribution in [0.25, 0.3) is 28.6 Å². The van der Waals surface area contributed by atoms with Crippen molar-refractivity contribution in [1.82, 2.24) is 29.7 Å². The highest BCUT2D eigenvalue weighted by Gasteiger charge is 2.18. The van der Waals surface area contributed by atoms with E-state index in [0.29, 0.717) is 40.4 Å². The van der Waals surface area contributed by atoms with Gasteiger partial charge in [0.25, 0.3) is 11.4 Å². The van der Waals surface area contributed by atoms with Crippen LogP contribution in [0.4, 0.5) is 0 Å². The van der Waals surface area contributed by atoms with Crippen LogP contribution in [0.1, 0.15) is 18.2 Å². The van der Waals surface area contributed by atoms with Crippen molar-refractivity contribution >= 4 is 5.65 Å². The summed E-state index contributed by atoms with van der Waals surface area (Å²) in [5, 5.41) is 6.85. The van der Waals surface area contributed by atoms with Gasteiger partial charge in [0.2, 0.25) is 5.82 Å². The molecule has 0 bridgehead atoms. The van der Waals surface area contributed by atoms with Gasteiger partial charge in [0.05, 0.1) is 0 Å². The highest BCUT2D eigenvalue weighted by atomic mass is 16.5. The van der Waals surface area contributed by atoms with E-state index in [1.165, 1.54) is 4.52 Å². The molecule has 0 aromatic carbocycles.